The van der Waals surface area contributed by atoms with Crippen LogP contribution in [0.5, 0.6) is 0 Å². The summed E-state index contributed by atoms with van der Waals surface area (Å²) in [5.41, 5.74) is 0.986. The molecule has 6 heteroatoms. The highest BCUT2D eigenvalue weighted by atomic mass is 32.2. The molecule has 2 aromatic rings. The molecular formula is C14H19N5S. The van der Waals surface area contributed by atoms with Crippen LogP contribution in [-0.4, -0.2) is 27.8 Å². The second kappa shape index (κ2) is 7.69. The maximum absolute atomic E-state index is 4.45. The standard InChI is InChI=1S/C14H19N5S/c1-3-7-16-12-9-13(19-14(18-12)20-2)17-10-11-6-4-5-8-15-11/h4-6,8-9H,3,7,10H2,1-2H3,(H2,16,17,18,19). The van der Waals surface area contributed by atoms with E-state index in [9.17, 15) is 0 Å². The van der Waals surface area contributed by atoms with E-state index in [-0.39, 0.29) is 0 Å². The first-order chi connectivity index (χ1) is 9.81. The Bertz CT molecular complexity index is 532. The van der Waals surface area contributed by atoms with Crippen molar-refractivity contribution in [2.75, 3.05) is 23.4 Å². The number of thioether (sulfide) groups is 1. The van der Waals surface area contributed by atoms with Gasteiger partial charge in [-0.1, -0.05) is 24.8 Å². The first-order valence-corrected chi connectivity index (χ1v) is 7.85. The van der Waals surface area contributed by atoms with Gasteiger partial charge in [-0.3, -0.25) is 4.98 Å². The lowest BCUT2D eigenvalue weighted by atomic mass is 10.3. The molecule has 0 unspecified atom stereocenters. The van der Waals surface area contributed by atoms with E-state index in [1.54, 1.807) is 6.20 Å². The molecule has 2 N–H and O–H groups in total. The van der Waals surface area contributed by atoms with E-state index >= 15 is 0 Å². The van der Waals surface area contributed by atoms with Crippen molar-refractivity contribution in [2.24, 2.45) is 0 Å². The van der Waals surface area contributed by atoms with Crippen LogP contribution >= 0.6 is 11.8 Å². The molecule has 0 aromatic carbocycles. The SMILES string of the molecule is CCCNc1cc(NCc2ccccn2)nc(SC)n1. The first kappa shape index (κ1) is 14.6. The van der Waals surface area contributed by atoms with Crippen molar-refractivity contribution in [2.45, 2.75) is 25.0 Å². The predicted molar refractivity (Wildman–Crippen MR) is 84.2 cm³/mol. The lowest BCUT2D eigenvalue weighted by Crippen LogP contribution is -2.07. The van der Waals surface area contributed by atoms with Gasteiger partial charge in [-0.15, -0.1) is 0 Å². The molecule has 0 aliphatic rings. The second-order valence-electron chi connectivity index (χ2n) is 4.23. The van der Waals surface area contributed by atoms with E-state index in [1.807, 2.05) is 30.5 Å². The molecule has 0 fully saturated rings. The summed E-state index contributed by atoms with van der Waals surface area (Å²) in [6.07, 6.45) is 4.83. The molecule has 5 nitrogen and oxygen atoms in total. The third-order valence-corrected chi connectivity index (χ3v) is 3.17. The Morgan fingerprint density at radius 2 is 1.95 bits per heavy atom. The zero-order valence-corrected chi connectivity index (χ0v) is 12.6. The van der Waals surface area contributed by atoms with Gasteiger partial charge in [0, 0.05) is 18.8 Å². The summed E-state index contributed by atoms with van der Waals surface area (Å²) in [5.74, 6) is 1.67. The van der Waals surface area contributed by atoms with Crippen LogP contribution in [0.3, 0.4) is 0 Å². The summed E-state index contributed by atoms with van der Waals surface area (Å²) in [4.78, 5) is 13.2. The second-order valence-corrected chi connectivity index (χ2v) is 5.00. The number of nitrogens with zero attached hydrogens (tertiary/aromatic N) is 3. The van der Waals surface area contributed by atoms with Gasteiger partial charge in [0.05, 0.1) is 12.2 Å². The van der Waals surface area contributed by atoms with Crippen LogP contribution in [0.1, 0.15) is 19.0 Å². The minimum atomic E-state index is 0.652. The van der Waals surface area contributed by atoms with Gasteiger partial charge in [-0.2, -0.15) is 0 Å². The highest BCUT2D eigenvalue weighted by molar-refractivity contribution is 7.98. The van der Waals surface area contributed by atoms with Crippen molar-refractivity contribution in [3.63, 3.8) is 0 Å². The molecule has 106 valence electrons. The minimum Gasteiger partial charge on any atom is -0.370 e. The van der Waals surface area contributed by atoms with Gasteiger partial charge in [-0.25, -0.2) is 9.97 Å². The van der Waals surface area contributed by atoms with E-state index in [0.29, 0.717) is 6.54 Å². The van der Waals surface area contributed by atoms with Crippen LogP contribution in [0.15, 0.2) is 35.6 Å². The Labute approximate surface area is 123 Å². The number of aromatic nitrogens is 3. The maximum atomic E-state index is 4.45. The predicted octanol–water partition coefficient (Wildman–Crippen LogP) is 3.03. The van der Waals surface area contributed by atoms with Crippen LogP contribution in [0.2, 0.25) is 0 Å². The summed E-state index contributed by atoms with van der Waals surface area (Å²) in [6, 6.07) is 7.80. The smallest absolute Gasteiger partial charge is 0.191 e. The molecule has 0 atom stereocenters. The topological polar surface area (TPSA) is 62.7 Å². The van der Waals surface area contributed by atoms with E-state index < -0.39 is 0 Å². The molecule has 2 aromatic heterocycles. The highest BCUT2D eigenvalue weighted by Gasteiger charge is 2.04. The van der Waals surface area contributed by atoms with Gasteiger partial charge < -0.3 is 10.6 Å². The van der Waals surface area contributed by atoms with Crippen LogP contribution < -0.4 is 10.6 Å². The Kier molecular flexibility index (Phi) is 5.61. The van der Waals surface area contributed by atoms with E-state index in [4.69, 9.17) is 0 Å². The number of pyridine rings is 1. The van der Waals surface area contributed by atoms with Crippen molar-refractivity contribution in [1.82, 2.24) is 15.0 Å². The minimum absolute atomic E-state index is 0.652. The summed E-state index contributed by atoms with van der Waals surface area (Å²) in [6.45, 7) is 3.69. The molecule has 0 spiro atoms. The molecule has 20 heavy (non-hydrogen) atoms. The molecule has 0 aliphatic heterocycles. The molecule has 0 saturated carbocycles. The molecular weight excluding hydrogens is 270 g/mol. The van der Waals surface area contributed by atoms with Gasteiger partial charge >= 0.3 is 0 Å². The zero-order valence-electron chi connectivity index (χ0n) is 11.8. The summed E-state index contributed by atoms with van der Waals surface area (Å²) in [7, 11) is 0. The zero-order chi connectivity index (χ0) is 14.2. The van der Waals surface area contributed by atoms with E-state index in [0.717, 1.165) is 35.5 Å². The fourth-order valence-electron chi connectivity index (χ4n) is 1.63. The molecule has 0 aliphatic carbocycles. The van der Waals surface area contributed by atoms with Crippen LogP contribution in [0.4, 0.5) is 11.6 Å². The highest BCUT2D eigenvalue weighted by Crippen LogP contribution is 2.17. The average molecular weight is 289 g/mol. The van der Waals surface area contributed by atoms with Crippen LogP contribution in [-0.2, 0) is 6.54 Å². The van der Waals surface area contributed by atoms with Crippen molar-refractivity contribution >= 4 is 23.4 Å². The summed E-state index contributed by atoms with van der Waals surface area (Å²) < 4.78 is 0. The monoisotopic (exact) mass is 289 g/mol. The van der Waals surface area contributed by atoms with Gasteiger partial charge in [-0.05, 0) is 24.8 Å². The lowest BCUT2D eigenvalue weighted by Gasteiger charge is -2.10. The van der Waals surface area contributed by atoms with Crippen LogP contribution in [0.25, 0.3) is 0 Å². The molecule has 2 rings (SSSR count). The third kappa shape index (κ3) is 4.38. The first-order valence-electron chi connectivity index (χ1n) is 6.62. The number of nitrogens with one attached hydrogen (secondary N) is 2. The van der Waals surface area contributed by atoms with Gasteiger partial charge in [0.25, 0.3) is 0 Å². The number of hydrogen-bond acceptors (Lipinski definition) is 6. The molecule has 0 amide bonds. The van der Waals surface area contributed by atoms with E-state index in [2.05, 4.69) is 32.5 Å². The molecule has 0 bridgehead atoms. The van der Waals surface area contributed by atoms with Gasteiger partial charge in [0.2, 0.25) is 0 Å². The van der Waals surface area contributed by atoms with Crippen molar-refractivity contribution in [3.8, 4) is 0 Å². The molecule has 0 radical (unpaired) electrons. The maximum Gasteiger partial charge on any atom is 0.191 e. The summed E-state index contributed by atoms with van der Waals surface area (Å²) >= 11 is 1.53. The summed E-state index contributed by atoms with van der Waals surface area (Å²) in [5, 5.41) is 7.33. The number of hydrogen-bond donors (Lipinski definition) is 2. The molecule has 0 saturated heterocycles. The van der Waals surface area contributed by atoms with Crippen molar-refractivity contribution in [3.05, 3.63) is 36.2 Å². The normalized spacial score (nSPS) is 10.3. The Morgan fingerprint density at radius 1 is 1.15 bits per heavy atom. The van der Waals surface area contributed by atoms with E-state index in [1.165, 1.54) is 11.8 Å². The molecule has 2 heterocycles. The number of rotatable bonds is 7. The van der Waals surface area contributed by atoms with Crippen molar-refractivity contribution in [1.29, 1.82) is 0 Å². The Morgan fingerprint density at radius 3 is 2.60 bits per heavy atom. The third-order valence-electron chi connectivity index (χ3n) is 2.62. The largest absolute Gasteiger partial charge is 0.370 e. The number of anilines is 2. The average Bonchev–Trinajstić information content (AvgIpc) is 2.51. The van der Waals surface area contributed by atoms with Crippen LogP contribution in [0, 0.1) is 0 Å². The van der Waals surface area contributed by atoms with Crippen molar-refractivity contribution < 1.29 is 0 Å². The fourth-order valence-corrected chi connectivity index (χ4v) is 2.01. The lowest BCUT2D eigenvalue weighted by molar-refractivity contribution is 0.918. The fraction of sp³-hybridized carbons (Fsp3) is 0.357. The Hall–Kier alpha value is -1.82. The van der Waals surface area contributed by atoms with Gasteiger partial charge in [0.1, 0.15) is 11.6 Å². The Balaban J connectivity index is 2.06. The quantitative estimate of drug-likeness (QED) is 0.603. The van der Waals surface area contributed by atoms with Gasteiger partial charge in [0.15, 0.2) is 5.16 Å².